The van der Waals surface area contributed by atoms with E-state index in [1.165, 1.54) is 12.1 Å². The van der Waals surface area contributed by atoms with Crippen molar-refractivity contribution in [2.24, 2.45) is 0 Å². The van der Waals surface area contributed by atoms with Crippen molar-refractivity contribution in [3.8, 4) is 11.1 Å². The average molecular weight is 494 g/mol. The number of nitrogens with one attached hydrogen (secondary N) is 1. The molecule has 0 aliphatic heterocycles. The molecule has 0 amide bonds. The van der Waals surface area contributed by atoms with Gasteiger partial charge in [0.1, 0.15) is 0 Å². The van der Waals surface area contributed by atoms with Crippen LogP contribution in [0.3, 0.4) is 0 Å². The molecule has 2 aromatic carbocycles. The Morgan fingerprint density at radius 1 is 0.867 bits per heavy atom. The molecular formula is C20H20Cl4N2O4. The summed E-state index contributed by atoms with van der Waals surface area (Å²) in [5, 5.41) is 3.33. The molecule has 162 valence electrons. The number of carbonyl (C=O) groups is 2. The summed E-state index contributed by atoms with van der Waals surface area (Å²) in [6.07, 6.45) is 0. The maximum Gasteiger partial charge on any atom is 0.340 e. The van der Waals surface area contributed by atoms with E-state index in [0.717, 1.165) is 0 Å². The highest BCUT2D eigenvalue weighted by Crippen LogP contribution is 2.49. The maximum atomic E-state index is 12.4. The summed E-state index contributed by atoms with van der Waals surface area (Å²) in [6, 6.07) is 2.76. The zero-order valence-corrected chi connectivity index (χ0v) is 19.5. The number of carbonyl (C=O) groups excluding carboxylic acids is 2. The number of nitrogen functional groups attached to an aromatic ring is 1. The average Bonchev–Trinajstić information content (AvgIpc) is 2.69. The second-order valence-electron chi connectivity index (χ2n) is 5.95. The first-order valence-electron chi connectivity index (χ1n) is 9.07. The Hall–Kier alpha value is -1.86. The first-order chi connectivity index (χ1) is 14.2. The number of halogens is 4. The van der Waals surface area contributed by atoms with Crippen LogP contribution in [0.1, 0.15) is 41.5 Å². The van der Waals surface area contributed by atoms with Gasteiger partial charge >= 0.3 is 11.9 Å². The molecule has 0 unspecified atom stereocenters. The molecule has 0 spiro atoms. The second kappa shape index (κ2) is 10.4. The third-order valence-corrected chi connectivity index (χ3v) is 5.44. The third kappa shape index (κ3) is 4.72. The van der Waals surface area contributed by atoms with E-state index < -0.39 is 11.9 Å². The van der Waals surface area contributed by atoms with E-state index in [9.17, 15) is 9.59 Å². The van der Waals surface area contributed by atoms with Gasteiger partial charge in [-0.3, -0.25) is 0 Å². The van der Waals surface area contributed by atoms with Crippen molar-refractivity contribution in [3.63, 3.8) is 0 Å². The minimum absolute atomic E-state index is 0.0133. The van der Waals surface area contributed by atoms with E-state index in [2.05, 4.69) is 5.32 Å². The standard InChI is InChI=1S/C20H20Cl4N2O4/c1-4-26-18-10(20(28)30-6-3)8-12(22)14(16(18)24)13-11(21)7-9(17(25)15(13)23)19(27)29-5-2/h7-8,26H,4-6,25H2,1-3H3. The second-order valence-corrected chi connectivity index (χ2v) is 7.52. The molecule has 0 saturated heterocycles. The lowest BCUT2D eigenvalue weighted by molar-refractivity contribution is 0.0518. The zero-order valence-electron chi connectivity index (χ0n) is 16.5. The van der Waals surface area contributed by atoms with Crippen molar-refractivity contribution in [1.29, 1.82) is 0 Å². The van der Waals surface area contributed by atoms with Crippen LogP contribution < -0.4 is 11.1 Å². The van der Waals surface area contributed by atoms with E-state index in [1.54, 1.807) is 13.8 Å². The Bertz CT molecular complexity index is 996. The fourth-order valence-electron chi connectivity index (χ4n) is 2.81. The highest BCUT2D eigenvalue weighted by atomic mass is 35.5. The Morgan fingerprint density at radius 2 is 1.33 bits per heavy atom. The van der Waals surface area contributed by atoms with Crippen molar-refractivity contribution in [2.45, 2.75) is 20.8 Å². The molecule has 0 bridgehead atoms. The van der Waals surface area contributed by atoms with Gasteiger partial charge in [0.2, 0.25) is 0 Å². The molecule has 6 nitrogen and oxygen atoms in total. The quantitative estimate of drug-likeness (QED) is 0.345. The van der Waals surface area contributed by atoms with Crippen LogP contribution in [-0.4, -0.2) is 31.7 Å². The van der Waals surface area contributed by atoms with Gasteiger partial charge in [-0.1, -0.05) is 46.4 Å². The third-order valence-electron chi connectivity index (χ3n) is 4.07. The van der Waals surface area contributed by atoms with Gasteiger partial charge in [-0.15, -0.1) is 0 Å². The van der Waals surface area contributed by atoms with Gasteiger partial charge in [0, 0.05) is 17.7 Å². The number of hydrogen-bond acceptors (Lipinski definition) is 6. The molecule has 0 aliphatic carbocycles. The SMILES string of the molecule is CCNc1c(C(=O)OCC)cc(Cl)c(-c2c(Cl)cc(C(=O)OCC)c(N)c2Cl)c1Cl. The Labute approximate surface area is 194 Å². The minimum atomic E-state index is -0.659. The molecule has 3 N–H and O–H groups in total. The Morgan fingerprint density at radius 3 is 1.83 bits per heavy atom. The normalized spacial score (nSPS) is 10.6. The van der Waals surface area contributed by atoms with Crippen molar-refractivity contribution in [2.75, 3.05) is 30.8 Å². The molecule has 0 atom stereocenters. The van der Waals surface area contributed by atoms with Crippen LogP contribution in [0.15, 0.2) is 12.1 Å². The summed E-state index contributed by atoms with van der Waals surface area (Å²) in [6.45, 7) is 6.01. The van der Waals surface area contributed by atoms with E-state index in [-0.39, 0.29) is 61.2 Å². The van der Waals surface area contributed by atoms with Crippen LogP contribution in [0.2, 0.25) is 20.1 Å². The summed E-state index contributed by atoms with van der Waals surface area (Å²) < 4.78 is 10.1. The van der Waals surface area contributed by atoms with Gasteiger partial charge in [0.25, 0.3) is 0 Å². The highest BCUT2D eigenvalue weighted by molar-refractivity contribution is 6.47. The van der Waals surface area contributed by atoms with Crippen molar-refractivity contribution >= 4 is 69.7 Å². The van der Waals surface area contributed by atoms with Crippen LogP contribution in [0.4, 0.5) is 11.4 Å². The van der Waals surface area contributed by atoms with Gasteiger partial charge in [0.05, 0.1) is 55.8 Å². The molecule has 0 aromatic heterocycles. The summed E-state index contributed by atoms with van der Waals surface area (Å²) in [5.41, 5.74) is 7.04. The molecule has 0 heterocycles. The minimum Gasteiger partial charge on any atom is -0.462 e. The number of anilines is 2. The van der Waals surface area contributed by atoms with Crippen LogP contribution in [0, 0.1) is 0 Å². The van der Waals surface area contributed by atoms with E-state index in [1.807, 2.05) is 6.92 Å². The topological polar surface area (TPSA) is 90.6 Å². The number of rotatable bonds is 7. The maximum absolute atomic E-state index is 12.4. The fraction of sp³-hybridized carbons (Fsp3) is 0.300. The molecule has 0 saturated carbocycles. The van der Waals surface area contributed by atoms with E-state index in [4.69, 9.17) is 61.6 Å². The lowest BCUT2D eigenvalue weighted by atomic mass is 9.98. The zero-order chi connectivity index (χ0) is 22.6. The monoisotopic (exact) mass is 492 g/mol. The van der Waals surface area contributed by atoms with Crippen molar-refractivity contribution in [1.82, 2.24) is 0 Å². The predicted molar refractivity (Wildman–Crippen MR) is 122 cm³/mol. The first-order valence-corrected chi connectivity index (χ1v) is 10.6. The summed E-state index contributed by atoms with van der Waals surface area (Å²) in [7, 11) is 0. The van der Waals surface area contributed by atoms with Gasteiger partial charge in [-0.05, 0) is 32.9 Å². The molecule has 0 fully saturated rings. The van der Waals surface area contributed by atoms with E-state index in [0.29, 0.717) is 12.2 Å². The van der Waals surface area contributed by atoms with Crippen molar-refractivity contribution < 1.29 is 19.1 Å². The number of hydrogen-bond donors (Lipinski definition) is 2. The van der Waals surface area contributed by atoms with Gasteiger partial charge in [0.15, 0.2) is 0 Å². The summed E-state index contributed by atoms with van der Waals surface area (Å²) >= 11 is 26.0. The molecule has 10 heteroatoms. The Kier molecular flexibility index (Phi) is 8.50. The predicted octanol–water partition coefficient (Wildman–Crippen LogP) is 6.33. The smallest absolute Gasteiger partial charge is 0.340 e. The van der Waals surface area contributed by atoms with Crippen LogP contribution >= 0.6 is 46.4 Å². The first kappa shape index (κ1) is 24.4. The van der Waals surface area contributed by atoms with Gasteiger partial charge in [-0.2, -0.15) is 0 Å². The fourth-order valence-corrected chi connectivity index (χ4v) is 4.16. The van der Waals surface area contributed by atoms with Gasteiger partial charge in [-0.25, -0.2) is 9.59 Å². The molecule has 2 rings (SSSR count). The molecular weight excluding hydrogens is 474 g/mol. The highest BCUT2D eigenvalue weighted by Gasteiger charge is 2.27. The molecule has 0 radical (unpaired) electrons. The van der Waals surface area contributed by atoms with Crippen LogP contribution in [0.5, 0.6) is 0 Å². The molecule has 30 heavy (non-hydrogen) atoms. The molecule has 0 aliphatic rings. The summed E-state index contributed by atoms with van der Waals surface area (Å²) in [4.78, 5) is 24.5. The Balaban J connectivity index is 2.78. The van der Waals surface area contributed by atoms with E-state index >= 15 is 0 Å². The summed E-state index contributed by atoms with van der Waals surface area (Å²) in [5.74, 6) is -1.24. The van der Waals surface area contributed by atoms with Crippen molar-refractivity contribution in [3.05, 3.63) is 43.4 Å². The lowest BCUT2D eigenvalue weighted by Crippen LogP contribution is -2.12. The van der Waals surface area contributed by atoms with Crippen LogP contribution in [0.25, 0.3) is 11.1 Å². The number of nitrogens with two attached hydrogens (primary N) is 1. The lowest BCUT2D eigenvalue weighted by Gasteiger charge is -2.20. The number of esters is 2. The van der Waals surface area contributed by atoms with Gasteiger partial charge < -0.3 is 20.5 Å². The number of ether oxygens (including phenoxy) is 2. The molecule has 2 aromatic rings. The largest absolute Gasteiger partial charge is 0.462 e. The van der Waals surface area contributed by atoms with Crippen LogP contribution in [-0.2, 0) is 9.47 Å². The number of benzene rings is 2.